The summed E-state index contributed by atoms with van der Waals surface area (Å²) in [6.07, 6.45) is 0. The number of carbonyl (C=O) groups excluding carboxylic acids is 1. The maximum absolute atomic E-state index is 12.3. The molecule has 0 spiro atoms. The summed E-state index contributed by atoms with van der Waals surface area (Å²) in [7, 11) is 1.60. The lowest BCUT2D eigenvalue weighted by Gasteiger charge is -2.07. The number of methoxy groups -OCH3 is 1. The molecule has 0 amide bonds. The van der Waals surface area contributed by atoms with Crippen LogP contribution in [0.2, 0.25) is 0 Å². The highest BCUT2D eigenvalue weighted by atomic mass is 79.9. The first-order chi connectivity index (χ1) is 9.22. The lowest BCUT2D eigenvalue weighted by molar-refractivity contribution is 0.104. The fraction of sp³-hybridized carbons (Fsp3) is 0.0625. The second kappa shape index (κ2) is 4.67. The van der Waals surface area contributed by atoms with Crippen LogP contribution in [0.5, 0.6) is 5.75 Å². The predicted octanol–water partition coefficient (Wildman–Crippen LogP) is 4.05. The van der Waals surface area contributed by atoms with Crippen LogP contribution < -0.4 is 4.74 Å². The molecule has 2 aromatic carbocycles. The van der Waals surface area contributed by atoms with Gasteiger partial charge in [-0.25, -0.2) is 0 Å². The zero-order chi connectivity index (χ0) is 13.4. The minimum Gasteiger partial charge on any atom is -0.497 e. The minimum absolute atomic E-state index is 0.00718. The molecule has 2 aromatic rings. The third-order valence-electron chi connectivity index (χ3n) is 3.22. The van der Waals surface area contributed by atoms with Gasteiger partial charge in [0, 0.05) is 11.1 Å². The molecule has 0 bridgehead atoms. The van der Waals surface area contributed by atoms with Crippen LogP contribution in [0.25, 0.3) is 5.57 Å². The first-order valence-electron chi connectivity index (χ1n) is 5.90. The zero-order valence-corrected chi connectivity index (χ0v) is 11.9. The average molecular weight is 315 g/mol. The molecule has 2 nitrogen and oxygen atoms in total. The zero-order valence-electron chi connectivity index (χ0n) is 10.3. The lowest BCUT2D eigenvalue weighted by atomic mass is 9.99. The van der Waals surface area contributed by atoms with Crippen LogP contribution in [0.3, 0.4) is 0 Å². The van der Waals surface area contributed by atoms with E-state index in [1.165, 1.54) is 0 Å². The summed E-state index contributed by atoms with van der Waals surface area (Å²) in [4.78, 5) is 12.3. The molecular weight excluding hydrogens is 304 g/mol. The van der Waals surface area contributed by atoms with E-state index in [1.807, 2.05) is 42.5 Å². The van der Waals surface area contributed by atoms with Crippen molar-refractivity contribution >= 4 is 27.3 Å². The Hall–Kier alpha value is -1.87. The van der Waals surface area contributed by atoms with Crippen molar-refractivity contribution in [1.82, 2.24) is 0 Å². The summed E-state index contributed by atoms with van der Waals surface area (Å²) in [5, 5.41) is 0. The third kappa shape index (κ3) is 1.90. The highest BCUT2D eigenvalue weighted by molar-refractivity contribution is 9.12. The number of ketones is 1. The number of Topliss-reactive ketones (excluding diaryl/α,β-unsaturated/α-hetero) is 1. The van der Waals surface area contributed by atoms with Crippen molar-refractivity contribution in [3.63, 3.8) is 0 Å². The highest BCUT2D eigenvalue weighted by Crippen LogP contribution is 2.41. The molecule has 1 aliphatic carbocycles. The van der Waals surface area contributed by atoms with Gasteiger partial charge >= 0.3 is 0 Å². The summed E-state index contributed by atoms with van der Waals surface area (Å²) < 4.78 is 5.79. The van der Waals surface area contributed by atoms with Crippen LogP contribution >= 0.6 is 15.9 Å². The summed E-state index contributed by atoms with van der Waals surface area (Å²) in [5.74, 6) is 0.703. The third-order valence-corrected chi connectivity index (χ3v) is 3.98. The van der Waals surface area contributed by atoms with E-state index in [4.69, 9.17) is 4.74 Å². The number of benzene rings is 2. The van der Waals surface area contributed by atoms with Gasteiger partial charge in [-0.05, 0) is 45.3 Å². The minimum atomic E-state index is 0.00718. The molecule has 0 saturated carbocycles. The van der Waals surface area contributed by atoms with Crippen molar-refractivity contribution in [3.8, 4) is 5.75 Å². The highest BCUT2D eigenvalue weighted by Gasteiger charge is 2.29. The number of fused-ring (bicyclic) bond motifs is 1. The van der Waals surface area contributed by atoms with Crippen LogP contribution in [0.1, 0.15) is 21.5 Å². The fourth-order valence-corrected chi connectivity index (χ4v) is 2.95. The quantitative estimate of drug-likeness (QED) is 0.836. The second-order valence-electron chi connectivity index (χ2n) is 4.30. The van der Waals surface area contributed by atoms with E-state index in [0.29, 0.717) is 15.8 Å². The molecule has 0 aliphatic heterocycles. The van der Waals surface area contributed by atoms with Gasteiger partial charge in [0.05, 0.1) is 11.6 Å². The molecule has 0 N–H and O–H groups in total. The van der Waals surface area contributed by atoms with E-state index in [9.17, 15) is 4.79 Å². The van der Waals surface area contributed by atoms with Gasteiger partial charge in [0.25, 0.3) is 0 Å². The number of hydrogen-bond donors (Lipinski definition) is 0. The van der Waals surface area contributed by atoms with Crippen molar-refractivity contribution < 1.29 is 9.53 Å². The molecular formula is C16H11BrO2. The summed E-state index contributed by atoms with van der Waals surface area (Å²) >= 11 is 3.42. The largest absolute Gasteiger partial charge is 0.497 e. The molecule has 1 aliphatic rings. The molecule has 0 atom stereocenters. The average Bonchev–Trinajstić information content (AvgIpc) is 2.71. The molecule has 0 saturated heterocycles. The van der Waals surface area contributed by atoms with Crippen LogP contribution in [-0.2, 0) is 0 Å². The molecule has 0 radical (unpaired) electrons. The predicted molar refractivity (Wildman–Crippen MR) is 78.7 cm³/mol. The maximum Gasteiger partial charge on any atom is 0.201 e. The first kappa shape index (κ1) is 12.2. The van der Waals surface area contributed by atoms with Gasteiger partial charge in [0.2, 0.25) is 5.78 Å². The number of halogens is 1. The van der Waals surface area contributed by atoms with Gasteiger partial charge in [0.15, 0.2) is 0 Å². The van der Waals surface area contributed by atoms with Crippen molar-refractivity contribution in [2.45, 2.75) is 0 Å². The van der Waals surface area contributed by atoms with Crippen molar-refractivity contribution in [2.75, 3.05) is 7.11 Å². The van der Waals surface area contributed by atoms with Crippen LogP contribution in [-0.4, -0.2) is 12.9 Å². The Kier molecular flexibility index (Phi) is 2.99. The number of hydrogen-bond acceptors (Lipinski definition) is 2. The molecule has 0 unspecified atom stereocenters. The Morgan fingerprint density at radius 2 is 1.74 bits per heavy atom. The Morgan fingerprint density at radius 1 is 1.00 bits per heavy atom. The van der Waals surface area contributed by atoms with E-state index in [0.717, 1.165) is 16.7 Å². The van der Waals surface area contributed by atoms with Gasteiger partial charge < -0.3 is 4.74 Å². The van der Waals surface area contributed by atoms with Crippen LogP contribution in [0.15, 0.2) is 53.0 Å². The smallest absolute Gasteiger partial charge is 0.201 e. The topological polar surface area (TPSA) is 26.3 Å². The maximum atomic E-state index is 12.3. The second-order valence-corrected chi connectivity index (χ2v) is 5.09. The molecule has 19 heavy (non-hydrogen) atoms. The van der Waals surface area contributed by atoms with Gasteiger partial charge in [-0.3, -0.25) is 4.79 Å². The Labute approximate surface area is 119 Å². The van der Waals surface area contributed by atoms with Gasteiger partial charge in [-0.2, -0.15) is 0 Å². The Balaban J connectivity index is 2.21. The summed E-state index contributed by atoms with van der Waals surface area (Å²) in [6, 6.07) is 15.5. The number of rotatable bonds is 2. The van der Waals surface area contributed by atoms with E-state index in [-0.39, 0.29) is 5.78 Å². The summed E-state index contributed by atoms with van der Waals surface area (Å²) in [6.45, 7) is 0. The van der Waals surface area contributed by atoms with Gasteiger partial charge in [-0.15, -0.1) is 0 Å². The monoisotopic (exact) mass is 314 g/mol. The molecule has 0 fully saturated rings. The fourth-order valence-electron chi connectivity index (χ4n) is 2.29. The van der Waals surface area contributed by atoms with E-state index < -0.39 is 0 Å². The van der Waals surface area contributed by atoms with E-state index in [1.54, 1.807) is 13.2 Å². The Morgan fingerprint density at radius 3 is 2.42 bits per heavy atom. The van der Waals surface area contributed by atoms with Crippen molar-refractivity contribution in [3.05, 3.63) is 69.7 Å². The molecule has 0 aromatic heterocycles. The SMILES string of the molecule is COc1ccc2c(c1)C(=O)C(Br)=C2c1ccccc1. The standard InChI is InChI=1S/C16H11BrO2/c1-19-11-7-8-12-13(9-11)16(18)15(17)14(12)10-5-3-2-4-6-10/h2-9H,1H3. The van der Waals surface area contributed by atoms with Gasteiger partial charge in [0.1, 0.15) is 5.75 Å². The van der Waals surface area contributed by atoms with Crippen LogP contribution in [0.4, 0.5) is 0 Å². The number of ether oxygens (including phenoxy) is 1. The van der Waals surface area contributed by atoms with Gasteiger partial charge in [-0.1, -0.05) is 30.3 Å². The molecule has 3 heteroatoms. The summed E-state index contributed by atoms with van der Waals surface area (Å²) in [5.41, 5.74) is 3.61. The van der Waals surface area contributed by atoms with E-state index >= 15 is 0 Å². The molecule has 3 rings (SSSR count). The Bertz CT molecular complexity index is 687. The van der Waals surface area contributed by atoms with Crippen LogP contribution in [0, 0.1) is 0 Å². The normalized spacial score (nSPS) is 13.7. The number of carbonyl (C=O) groups is 1. The van der Waals surface area contributed by atoms with E-state index in [2.05, 4.69) is 15.9 Å². The first-order valence-corrected chi connectivity index (χ1v) is 6.70. The molecule has 94 valence electrons. The van der Waals surface area contributed by atoms with Crippen molar-refractivity contribution in [2.24, 2.45) is 0 Å². The number of allylic oxidation sites excluding steroid dienone is 1. The lowest BCUT2D eigenvalue weighted by Crippen LogP contribution is -1.95. The van der Waals surface area contributed by atoms with Crippen molar-refractivity contribution in [1.29, 1.82) is 0 Å². The molecule has 0 heterocycles.